The third kappa shape index (κ3) is 32.5. The van der Waals surface area contributed by atoms with E-state index in [4.69, 9.17) is 42.0 Å². The van der Waals surface area contributed by atoms with E-state index in [0.29, 0.717) is 25.7 Å². The average Bonchev–Trinajstić information content (AvgIpc) is 3.48. The van der Waals surface area contributed by atoms with Crippen LogP contribution in [0.2, 0.25) is 0 Å². The minimum atomic E-state index is -4.19. The minimum Gasteiger partial charge on any atom is -0.462 e. The van der Waals surface area contributed by atoms with Gasteiger partial charge in [0.2, 0.25) is 11.8 Å². The molecule has 0 aliphatic carbocycles. The fourth-order valence-corrected chi connectivity index (χ4v) is 9.67. The summed E-state index contributed by atoms with van der Waals surface area (Å²) in [5.74, 6) is -1.54. The smallest absolute Gasteiger partial charge is 0.462 e. The van der Waals surface area contributed by atoms with Gasteiger partial charge < -0.3 is 69.7 Å². The fraction of sp³-hybridized carbons (Fsp3) is 0.857. The monoisotopic (exact) mass is 1150 g/mol. The van der Waals surface area contributed by atoms with Crippen molar-refractivity contribution in [3.05, 3.63) is 24.3 Å². The Morgan fingerprint density at radius 2 is 1.15 bits per heavy atom. The van der Waals surface area contributed by atoms with Crippen LogP contribution in [0.15, 0.2) is 24.3 Å². The number of phosphoric ester groups is 1. The van der Waals surface area contributed by atoms with Crippen LogP contribution in [0.25, 0.3) is 0 Å². The van der Waals surface area contributed by atoms with Crippen molar-refractivity contribution >= 4 is 31.6 Å². The van der Waals surface area contributed by atoms with Crippen molar-refractivity contribution in [1.29, 1.82) is 0 Å². The molecule has 2 heterocycles. The first kappa shape index (κ1) is 72.2. The molecule has 2 rings (SSSR count). The van der Waals surface area contributed by atoms with Crippen molar-refractivity contribution in [3.63, 3.8) is 0 Å². The van der Waals surface area contributed by atoms with Crippen LogP contribution in [0.3, 0.4) is 0 Å². The number of esters is 2. The molecule has 0 spiro atoms. The standard InChI is InChI=1S/C56H101N2O20P/c1-5-7-9-11-13-15-16-17-18-19-20-21-23-25-27-34-48(63)76-43(40-72-47(62)33-26-24-22-14-12-10-8-6-2)41-74-79(69,70-4)73-38-36-58-46(61)32-29-28-31-45(60)57-35-30-37-71-56-54(52(67)50(65)44(39-59)77-56)78-55-53(68)51(66)49(64)42(3)75-55/h6,8,17-18,42-44,49-56,59,64-68H,5,7,9-16,19-41H2,1-4H3,(H,57,60)(H,58,61)/b8-6-,18-17-/t42?,43-,44?,49-,50+,51+,52+,53?,54?,55+,56-,79?/m1/s1. The van der Waals surface area contributed by atoms with Gasteiger partial charge in [-0.1, -0.05) is 102 Å². The number of amides is 2. The Balaban J connectivity index is 1.71. The summed E-state index contributed by atoms with van der Waals surface area (Å²) in [4.78, 5) is 50.6. The molecule has 79 heavy (non-hydrogen) atoms. The van der Waals surface area contributed by atoms with Crippen LogP contribution in [0.1, 0.15) is 188 Å². The van der Waals surface area contributed by atoms with Crippen LogP contribution in [0.5, 0.6) is 0 Å². The van der Waals surface area contributed by atoms with Crippen molar-refractivity contribution in [2.24, 2.45) is 0 Å². The van der Waals surface area contributed by atoms with Gasteiger partial charge in [0.1, 0.15) is 49.3 Å². The second-order valence-electron chi connectivity index (χ2n) is 20.4. The highest BCUT2D eigenvalue weighted by Crippen LogP contribution is 2.48. The molecule has 0 aromatic carbocycles. The summed E-state index contributed by atoms with van der Waals surface area (Å²) in [5.41, 5.74) is 0. The van der Waals surface area contributed by atoms with Gasteiger partial charge in [0.05, 0.1) is 32.5 Å². The molecule has 0 saturated carbocycles. The molecule has 2 fully saturated rings. The minimum absolute atomic E-state index is 0.0305. The van der Waals surface area contributed by atoms with Gasteiger partial charge in [0, 0.05) is 45.9 Å². The van der Waals surface area contributed by atoms with Gasteiger partial charge in [0.25, 0.3) is 0 Å². The Bertz CT molecular complexity index is 1730. The lowest BCUT2D eigenvalue weighted by molar-refractivity contribution is -0.364. The largest absolute Gasteiger partial charge is 0.474 e. The third-order valence-electron chi connectivity index (χ3n) is 13.6. The number of unbranched alkanes of at least 4 members (excludes halogenated alkanes) is 17. The Morgan fingerprint density at radius 3 is 1.75 bits per heavy atom. The number of rotatable bonds is 47. The number of carbonyl (C=O) groups excluding carboxylic acids is 4. The normalized spacial score (nSPS) is 24.6. The Kier molecular flexibility index (Phi) is 40.8. The van der Waals surface area contributed by atoms with Crippen LogP contribution < -0.4 is 10.6 Å². The first-order valence-corrected chi connectivity index (χ1v) is 30.7. The molecular formula is C56H101N2O20P. The first-order valence-electron chi connectivity index (χ1n) is 29.3. The predicted octanol–water partition coefficient (Wildman–Crippen LogP) is 6.42. The Labute approximate surface area is 470 Å². The number of carbonyl (C=O) groups is 4. The Morgan fingerprint density at radius 1 is 0.595 bits per heavy atom. The van der Waals surface area contributed by atoms with E-state index in [2.05, 4.69) is 35.8 Å². The summed E-state index contributed by atoms with van der Waals surface area (Å²) in [7, 11) is -3.06. The maximum Gasteiger partial charge on any atom is 0.474 e. The molecular weight excluding hydrogens is 1050 g/mol. The van der Waals surface area contributed by atoms with Crippen molar-refractivity contribution < 1.29 is 96.4 Å². The highest BCUT2D eigenvalue weighted by atomic mass is 31.2. The van der Waals surface area contributed by atoms with E-state index in [1.54, 1.807) is 0 Å². The molecule has 2 amide bonds. The van der Waals surface area contributed by atoms with Crippen LogP contribution >= 0.6 is 7.82 Å². The summed E-state index contributed by atoms with van der Waals surface area (Å²) < 4.78 is 62.9. The van der Waals surface area contributed by atoms with E-state index < -0.39 is 100 Å². The molecule has 12 atom stereocenters. The second kappa shape index (κ2) is 44.6. The quantitative estimate of drug-likeness (QED) is 0.0141. The summed E-state index contributed by atoms with van der Waals surface area (Å²) in [5, 5.41) is 66.9. The van der Waals surface area contributed by atoms with Gasteiger partial charge in [0.15, 0.2) is 18.7 Å². The number of hydrogen-bond donors (Lipinski definition) is 8. The lowest BCUT2D eigenvalue weighted by Crippen LogP contribution is -2.64. The van der Waals surface area contributed by atoms with Crippen LogP contribution in [-0.4, -0.2) is 175 Å². The van der Waals surface area contributed by atoms with Crippen molar-refractivity contribution in [3.8, 4) is 0 Å². The maximum absolute atomic E-state index is 13.3. The number of hydrogen-bond acceptors (Lipinski definition) is 20. The van der Waals surface area contributed by atoms with Crippen molar-refractivity contribution in [2.75, 3.05) is 53.2 Å². The predicted molar refractivity (Wildman–Crippen MR) is 294 cm³/mol. The van der Waals surface area contributed by atoms with E-state index in [1.807, 2.05) is 13.0 Å². The highest BCUT2D eigenvalue weighted by Gasteiger charge is 2.50. The first-order chi connectivity index (χ1) is 38.1. The molecule has 460 valence electrons. The van der Waals surface area contributed by atoms with Gasteiger partial charge in [-0.3, -0.25) is 32.7 Å². The zero-order valence-electron chi connectivity index (χ0n) is 47.8. The topological polar surface area (TPSA) is 314 Å². The number of nitrogens with one attached hydrogen (secondary N) is 2. The number of aliphatic hydroxyl groups excluding tert-OH is 6. The van der Waals surface area contributed by atoms with Crippen molar-refractivity contribution in [1.82, 2.24) is 10.6 Å². The van der Waals surface area contributed by atoms with Gasteiger partial charge in [-0.25, -0.2) is 4.57 Å². The lowest BCUT2D eigenvalue weighted by atomic mass is 9.97. The number of aliphatic hydroxyl groups is 6. The van der Waals surface area contributed by atoms with Gasteiger partial charge >= 0.3 is 19.8 Å². The van der Waals surface area contributed by atoms with Crippen LogP contribution in [0, 0.1) is 0 Å². The highest BCUT2D eigenvalue weighted by molar-refractivity contribution is 7.48. The zero-order valence-corrected chi connectivity index (χ0v) is 48.7. The molecule has 2 aliphatic heterocycles. The third-order valence-corrected chi connectivity index (χ3v) is 15.0. The molecule has 0 bridgehead atoms. The summed E-state index contributed by atoms with van der Waals surface area (Å²) in [6.45, 7) is 4.15. The molecule has 0 aromatic rings. The Hall–Kier alpha value is -2.93. The van der Waals surface area contributed by atoms with E-state index in [9.17, 15) is 54.4 Å². The second-order valence-corrected chi connectivity index (χ2v) is 22.2. The van der Waals surface area contributed by atoms with E-state index in [-0.39, 0.29) is 76.8 Å². The van der Waals surface area contributed by atoms with Gasteiger partial charge in [-0.2, -0.15) is 0 Å². The fourth-order valence-electron chi connectivity index (χ4n) is 8.72. The SMILES string of the molecule is C/C=C\CCCCCCCC(=O)OC[C@H](COP(=O)(OC)OCCNC(=O)CCCCC(=O)NCCCO[C@@H]1OC(CO)[C@H](O)[C@H](O)C1O[C@@H]1OC(C)[C@@H](O)[C@H](O)C1O)OC(=O)CCCCCCC/C=C\CCCCCCCC. The number of allylic oxidation sites excluding steroid dienone is 4. The van der Waals surface area contributed by atoms with Crippen LogP contribution in [0.4, 0.5) is 0 Å². The van der Waals surface area contributed by atoms with Crippen LogP contribution in [-0.2, 0) is 65.7 Å². The molecule has 2 saturated heterocycles. The summed E-state index contributed by atoms with van der Waals surface area (Å²) in [6, 6.07) is 0. The van der Waals surface area contributed by atoms with E-state index in [1.165, 1.54) is 45.4 Å². The van der Waals surface area contributed by atoms with Gasteiger partial charge in [-0.15, -0.1) is 0 Å². The van der Waals surface area contributed by atoms with E-state index >= 15 is 0 Å². The number of phosphoric acid groups is 1. The molecule has 22 nitrogen and oxygen atoms in total. The summed E-state index contributed by atoms with van der Waals surface area (Å²) >= 11 is 0. The van der Waals surface area contributed by atoms with E-state index in [0.717, 1.165) is 77.7 Å². The molecule has 23 heteroatoms. The molecule has 5 unspecified atom stereocenters. The number of ether oxygens (including phenoxy) is 6. The lowest BCUT2D eigenvalue weighted by Gasteiger charge is -2.45. The van der Waals surface area contributed by atoms with Crippen molar-refractivity contribution in [2.45, 2.75) is 255 Å². The zero-order chi connectivity index (χ0) is 58.1. The van der Waals surface area contributed by atoms with Gasteiger partial charge in [-0.05, 0) is 84.5 Å². The molecule has 0 aromatic heterocycles. The molecule has 0 radical (unpaired) electrons. The average molecular weight is 1150 g/mol. The molecule has 8 N–H and O–H groups in total. The molecule has 2 aliphatic rings. The maximum atomic E-state index is 13.3. The summed E-state index contributed by atoms with van der Waals surface area (Å²) in [6.07, 6.45) is 15.3.